The summed E-state index contributed by atoms with van der Waals surface area (Å²) in [5.41, 5.74) is 1.24. The number of hydrogen-bond donors (Lipinski definition) is 1. The van der Waals surface area contributed by atoms with Gasteiger partial charge in [-0.15, -0.1) is 0 Å². The fraction of sp³-hybridized carbons (Fsp3) is 0.750. The molecule has 3 nitrogen and oxygen atoms in total. The van der Waals surface area contributed by atoms with Gasteiger partial charge in [0.1, 0.15) is 0 Å². The summed E-state index contributed by atoms with van der Waals surface area (Å²) in [6.45, 7) is 10.8. The monoisotopic (exact) mass is 209 g/mol. The molecule has 1 aromatic rings. The molecule has 86 valence electrons. The molecule has 1 aromatic heterocycles. The Bertz CT molecular complexity index is 280. The van der Waals surface area contributed by atoms with E-state index in [1.165, 1.54) is 12.1 Å². The second kappa shape index (κ2) is 5.91. The third-order valence-corrected chi connectivity index (χ3v) is 3.10. The Morgan fingerprint density at radius 1 is 1.47 bits per heavy atom. The van der Waals surface area contributed by atoms with Crippen molar-refractivity contribution in [1.82, 2.24) is 15.1 Å². The summed E-state index contributed by atoms with van der Waals surface area (Å²) >= 11 is 0. The van der Waals surface area contributed by atoms with Gasteiger partial charge in [-0.3, -0.25) is 4.68 Å². The van der Waals surface area contributed by atoms with E-state index in [4.69, 9.17) is 0 Å². The Hall–Kier alpha value is -0.830. The fourth-order valence-corrected chi connectivity index (χ4v) is 1.77. The molecule has 0 radical (unpaired) electrons. The maximum atomic E-state index is 4.33. The maximum absolute atomic E-state index is 4.33. The van der Waals surface area contributed by atoms with Crippen LogP contribution in [0.15, 0.2) is 12.3 Å². The van der Waals surface area contributed by atoms with Gasteiger partial charge in [0.2, 0.25) is 0 Å². The van der Waals surface area contributed by atoms with Crippen molar-refractivity contribution >= 4 is 0 Å². The first-order valence-electron chi connectivity index (χ1n) is 5.90. The lowest BCUT2D eigenvalue weighted by molar-refractivity contribution is 0.321. The minimum atomic E-state index is 0.526. The number of likely N-dealkylation sites (N-methyl/N-ethyl adjacent to an activating group) is 1. The summed E-state index contributed by atoms with van der Waals surface area (Å²) in [5, 5.41) is 7.87. The summed E-state index contributed by atoms with van der Waals surface area (Å²) < 4.78 is 2.08. The van der Waals surface area contributed by atoms with E-state index in [-0.39, 0.29) is 0 Å². The Labute approximate surface area is 92.9 Å². The van der Waals surface area contributed by atoms with Crippen LogP contribution in [-0.2, 0) is 6.54 Å². The lowest BCUT2D eigenvalue weighted by Crippen LogP contribution is -2.38. The van der Waals surface area contributed by atoms with Gasteiger partial charge in [0.05, 0.1) is 6.54 Å². The molecule has 0 amide bonds. The van der Waals surface area contributed by atoms with E-state index in [0.29, 0.717) is 12.0 Å². The molecule has 0 bridgehead atoms. The quantitative estimate of drug-likeness (QED) is 0.778. The van der Waals surface area contributed by atoms with E-state index in [1.54, 1.807) is 0 Å². The predicted octanol–water partition coefficient (Wildman–Crippen LogP) is 2.22. The molecular weight excluding hydrogens is 186 g/mol. The third kappa shape index (κ3) is 3.34. The summed E-state index contributed by atoms with van der Waals surface area (Å²) in [5.74, 6) is 0.688. The highest BCUT2D eigenvalue weighted by Gasteiger charge is 2.15. The molecule has 0 saturated heterocycles. The molecule has 15 heavy (non-hydrogen) atoms. The van der Waals surface area contributed by atoms with E-state index >= 15 is 0 Å². The lowest BCUT2D eigenvalue weighted by Gasteiger charge is -2.24. The number of hydrogen-bond acceptors (Lipinski definition) is 2. The molecule has 1 N–H and O–H groups in total. The molecule has 1 heterocycles. The van der Waals surface area contributed by atoms with Crippen LogP contribution in [-0.4, -0.2) is 22.4 Å². The molecule has 0 aliphatic heterocycles. The van der Waals surface area contributed by atoms with Crippen molar-refractivity contribution in [3.05, 3.63) is 18.0 Å². The smallest absolute Gasteiger partial charge is 0.0568 e. The van der Waals surface area contributed by atoms with Gasteiger partial charge in [-0.2, -0.15) is 5.10 Å². The van der Waals surface area contributed by atoms with Crippen LogP contribution in [0.4, 0.5) is 0 Å². The van der Waals surface area contributed by atoms with E-state index in [9.17, 15) is 0 Å². The summed E-state index contributed by atoms with van der Waals surface area (Å²) in [7, 11) is 0. The molecule has 3 heteroatoms. The van der Waals surface area contributed by atoms with Gasteiger partial charge in [-0.25, -0.2) is 0 Å². The molecule has 0 aliphatic carbocycles. The van der Waals surface area contributed by atoms with Crippen LogP contribution in [0.1, 0.15) is 32.9 Å². The maximum Gasteiger partial charge on any atom is 0.0568 e. The minimum Gasteiger partial charge on any atom is -0.312 e. The Morgan fingerprint density at radius 3 is 2.67 bits per heavy atom. The highest BCUT2D eigenvalue weighted by Crippen LogP contribution is 2.10. The van der Waals surface area contributed by atoms with Crippen molar-refractivity contribution < 1.29 is 0 Å². The molecule has 0 aromatic carbocycles. The first kappa shape index (κ1) is 12.2. The zero-order valence-electron chi connectivity index (χ0n) is 10.3. The number of rotatable bonds is 6. The van der Waals surface area contributed by atoms with Crippen LogP contribution >= 0.6 is 0 Å². The first-order valence-corrected chi connectivity index (χ1v) is 5.90. The van der Waals surface area contributed by atoms with Crippen LogP contribution in [0.5, 0.6) is 0 Å². The van der Waals surface area contributed by atoms with E-state index in [1.807, 2.05) is 6.20 Å². The van der Waals surface area contributed by atoms with Gasteiger partial charge in [-0.1, -0.05) is 27.2 Å². The molecular formula is C12H23N3. The van der Waals surface area contributed by atoms with Gasteiger partial charge in [-0.05, 0) is 25.5 Å². The summed E-state index contributed by atoms with van der Waals surface area (Å²) in [4.78, 5) is 0. The fourth-order valence-electron chi connectivity index (χ4n) is 1.77. The SMILES string of the molecule is CCNC(Cn1nccc1C)C(C)CC. The van der Waals surface area contributed by atoms with E-state index in [0.717, 1.165) is 13.1 Å². The average Bonchev–Trinajstić information content (AvgIpc) is 2.63. The molecule has 1 rings (SSSR count). The highest BCUT2D eigenvalue weighted by atomic mass is 15.3. The predicted molar refractivity (Wildman–Crippen MR) is 63.9 cm³/mol. The molecule has 0 spiro atoms. The summed E-state index contributed by atoms with van der Waals surface area (Å²) in [6, 6.07) is 2.58. The second-order valence-corrected chi connectivity index (χ2v) is 4.20. The van der Waals surface area contributed by atoms with Crippen molar-refractivity contribution in [1.29, 1.82) is 0 Å². The second-order valence-electron chi connectivity index (χ2n) is 4.20. The minimum absolute atomic E-state index is 0.526. The Kier molecular flexibility index (Phi) is 4.82. The van der Waals surface area contributed by atoms with Crippen molar-refractivity contribution in [2.45, 2.75) is 46.7 Å². The standard InChI is InChI=1S/C12H23N3/c1-5-10(3)12(13-6-2)9-15-11(4)7-8-14-15/h7-8,10,12-13H,5-6,9H2,1-4H3. The van der Waals surface area contributed by atoms with Gasteiger partial charge in [0, 0.05) is 17.9 Å². The molecule has 0 fully saturated rings. The third-order valence-electron chi connectivity index (χ3n) is 3.10. The normalized spacial score (nSPS) is 15.2. The number of aromatic nitrogens is 2. The molecule has 2 unspecified atom stereocenters. The molecule has 0 aliphatic rings. The largest absolute Gasteiger partial charge is 0.312 e. The topological polar surface area (TPSA) is 29.9 Å². The first-order chi connectivity index (χ1) is 7.19. The zero-order chi connectivity index (χ0) is 11.3. The van der Waals surface area contributed by atoms with Crippen LogP contribution in [0, 0.1) is 12.8 Å². The van der Waals surface area contributed by atoms with Crippen molar-refractivity contribution in [3.63, 3.8) is 0 Å². The lowest BCUT2D eigenvalue weighted by atomic mass is 9.99. The average molecular weight is 209 g/mol. The zero-order valence-corrected chi connectivity index (χ0v) is 10.3. The number of nitrogens with one attached hydrogen (secondary N) is 1. The van der Waals surface area contributed by atoms with E-state index in [2.05, 4.69) is 48.9 Å². The van der Waals surface area contributed by atoms with Crippen molar-refractivity contribution in [3.8, 4) is 0 Å². The highest BCUT2D eigenvalue weighted by molar-refractivity contribution is 4.97. The van der Waals surface area contributed by atoms with Crippen molar-refractivity contribution in [2.75, 3.05) is 6.54 Å². The van der Waals surface area contributed by atoms with Crippen LogP contribution in [0.25, 0.3) is 0 Å². The number of nitrogens with zero attached hydrogens (tertiary/aromatic N) is 2. The van der Waals surface area contributed by atoms with Gasteiger partial charge >= 0.3 is 0 Å². The van der Waals surface area contributed by atoms with E-state index < -0.39 is 0 Å². The van der Waals surface area contributed by atoms with Gasteiger partial charge in [0.25, 0.3) is 0 Å². The Balaban J connectivity index is 2.62. The van der Waals surface area contributed by atoms with Crippen molar-refractivity contribution in [2.24, 2.45) is 5.92 Å². The van der Waals surface area contributed by atoms with Crippen LogP contribution in [0.2, 0.25) is 0 Å². The van der Waals surface area contributed by atoms with Crippen LogP contribution < -0.4 is 5.32 Å². The molecule has 2 atom stereocenters. The number of aryl methyl sites for hydroxylation is 1. The summed E-state index contributed by atoms with van der Waals surface area (Å²) in [6.07, 6.45) is 3.08. The Morgan fingerprint density at radius 2 is 2.20 bits per heavy atom. The molecule has 0 saturated carbocycles. The van der Waals surface area contributed by atoms with Crippen LogP contribution in [0.3, 0.4) is 0 Å². The van der Waals surface area contributed by atoms with Gasteiger partial charge < -0.3 is 5.32 Å². The van der Waals surface area contributed by atoms with Gasteiger partial charge in [0.15, 0.2) is 0 Å².